The highest BCUT2D eigenvalue weighted by molar-refractivity contribution is 7.09. The van der Waals surface area contributed by atoms with E-state index in [0.717, 1.165) is 11.1 Å². The Morgan fingerprint density at radius 3 is 2.58 bits per heavy atom. The van der Waals surface area contributed by atoms with Gasteiger partial charge < -0.3 is 9.88 Å². The van der Waals surface area contributed by atoms with E-state index >= 15 is 0 Å². The van der Waals surface area contributed by atoms with Gasteiger partial charge in [0.25, 0.3) is 5.91 Å². The van der Waals surface area contributed by atoms with Crippen LogP contribution in [0.25, 0.3) is 4.85 Å². The number of hydrogen-bond acceptors (Lipinski definition) is 5. The first-order valence-electron chi connectivity index (χ1n) is 10.1. The van der Waals surface area contributed by atoms with Crippen LogP contribution in [0, 0.1) is 26.2 Å². The van der Waals surface area contributed by atoms with Crippen molar-refractivity contribution in [2.24, 2.45) is 7.05 Å². The lowest BCUT2D eigenvalue weighted by molar-refractivity contribution is -0.116. The van der Waals surface area contributed by atoms with Gasteiger partial charge in [0.05, 0.1) is 17.1 Å². The number of ketones is 2. The number of hydrogen-bond donors (Lipinski definition) is 1. The number of benzene rings is 1. The Labute approximate surface area is 195 Å². The second kappa shape index (κ2) is 9.08. The third-order valence-electron chi connectivity index (χ3n) is 5.56. The van der Waals surface area contributed by atoms with Gasteiger partial charge in [-0.25, -0.2) is 14.2 Å². The molecule has 7 nitrogen and oxygen atoms in total. The van der Waals surface area contributed by atoms with Gasteiger partial charge in [-0.3, -0.25) is 14.4 Å². The van der Waals surface area contributed by atoms with Crippen LogP contribution in [0.3, 0.4) is 0 Å². The molecule has 0 aliphatic heterocycles. The summed E-state index contributed by atoms with van der Waals surface area (Å²) in [4.78, 5) is 46.3. The molecule has 0 fully saturated rings. The number of thiazole rings is 1. The summed E-state index contributed by atoms with van der Waals surface area (Å²) in [7, 11) is 1.63. The largest absolute Gasteiger partial charge is 0.343 e. The lowest BCUT2D eigenvalue weighted by Crippen LogP contribution is -2.27. The number of halogens is 1. The van der Waals surface area contributed by atoms with E-state index in [1.165, 1.54) is 23.5 Å². The van der Waals surface area contributed by atoms with Gasteiger partial charge in [0.2, 0.25) is 17.3 Å². The summed E-state index contributed by atoms with van der Waals surface area (Å²) in [5.74, 6) is -2.42. The second-order valence-corrected chi connectivity index (χ2v) is 9.27. The molecular weight excluding hydrogens is 443 g/mol. The monoisotopic (exact) mass is 466 g/mol. The fraction of sp³-hybridized carbons (Fsp3) is 0.292. The van der Waals surface area contributed by atoms with Gasteiger partial charge in [-0.1, -0.05) is 13.8 Å². The molecule has 2 aromatic heterocycles. The molecule has 33 heavy (non-hydrogen) atoms. The predicted molar refractivity (Wildman–Crippen MR) is 125 cm³/mol. The molecule has 0 bridgehead atoms. The van der Waals surface area contributed by atoms with Gasteiger partial charge in [0.15, 0.2) is 0 Å². The Balaban J connectivity index is 1.88. The molecule has 0 aliphatic rings. The van der Waals surface area contributed by atoms with Gasteiger partial charge in [0, 0.05) is 41.8 Å². The van der Waals surface area contributed by atoms with Crippen LogP contribution in [0.2, 0.25) is 0 Å². The van der Waals surface area contributed by atoms with Crippen molar-refractivity contribution < 1.29 is 18.8 Å². The van der Waals surface area contributed by atoms with E-state index in [1.54, 1.807) is 31.7 Å². The maximum Gasteiger partial charge on any atom is 0.272 e. The highest BCUT2D eigenvalue weighted by Crippen LogP contribution is 2.31. The molecule has 9 heteroatoms. The first kappa shape index (κ1) is 24.0. The molecule has 1 aromatic carbocycles. The molecular formula is C24H23FN4O3S. The minimum Gasteiger partial charge on any atom is -0.343 e. The van der Waals surface area contributed by atoms with Gasteiger partial charge in [0.1, 0.15) is 11.5 Å². The van der Waals surface area contributed by atoms with Crippen molar-refractivity contribution in [3.05, 3.63) is 74.5 Å². The summed E-state index contributed by atoms with van der Waals surface area (Å²) in [6, 6.07) is 3.69. The highest BCUT2D eigenvalue weighted by atomic mass is 32.1. The van der Waals surface area contributed by atoms with Crippen molar-refractivity contribution in [2.75, 3.05) is 5.32 Å². The molecule has 0 saturated heterocycles. The van der Waals surface area contributed by atoms with E-state index in [9.17, 15) is 18.8 Å². The summed E-state index contributed by atoms with van der Waals surface area (Å²) >= 11 is 1.43. The third kappa shape index (κ3) is 4.61. The number of rotatable bonds is 7. The van der Waals surface area contributed by atoms with Gasteiger partial charge in [-0.2, -0.15) is 0 Å². The summed E-state index contributed by atoms with van der Waals surface area (Å²) in [5.41, 5.74) is 0.715. The second-order valence-electron chi connectivity index (χ2n) is 8.38. The summed E-state index contributed by atoms with van der Waals surface area (Å²) in [6.07, 6.45) is 1.65. The van der Waals surface area contributed by atoms with Crippen molar-refractivity contribution in [2.45, 2.75) is 39.5 Å². The van der Waals surface area contributed by atoms with Gasteiger partial charge >= 0.3 is 0 Å². The maximum absolute atomic E-state index is 13.6. The Morgan fingerprint density at radius 2 is 1.97 bits per heavy atom. The first-order chi connectivity index (χ1) is 15.5. The molecule has 1 amide bonds. The summed E-state index contributed by atoms with van der Waals surface area (Å²) in [6.45, 7) is 14.0. The number of amides is 1. The molecule has 0 atom stereocenters. The average Bonchev–Trinajstić information content (AvgIpc) is 3.37. The van der Waals surface area contributed by atoms with Crippen LogP contribution in [0.15, 0.2) is 29.8 Å². The van der Waals surface area contributed by atoms with Crippen LogP contribution in [0.4, 0.5) is 15.8 Å². The molecule has 0 saturated carbocycles. The lowest BCUT2D eigenvalue weighted by atomic mass is 9.85. The molecule has 170 valence electrons. The van der Waals surface area contributed by atoms with Crippen LogP contribution in [0.5, 0.6) is 0 Å². The lowest BCUT2D eigenvalue weighted by Gasteiger charge is -2.20. The summed E-state index contributed by atoms with van der Waals surface area (Å²) in [5, 5.41) is 5.22. The van der Waals surface area contributed by atoms with Crippen LogP contribution in [-0.2, 0) is 17.3 Å². The van der Waals surface area contributed by atoms with Crippen LogP contribution >= 0.6 is 11.3 Å². The minimum absolute atomic E-state index is 0.0103. The topological polar surface area (TPSA) is 85.4 Å². The van der Waals surface area contributed by atoms with Crippen molar-refractivity contribution >= 4 is 40.2 Å². The Kier molecular flexibility index (Phi) is 6.60. The quantitative estimate of drug-likeness (QED) is 0.296. The predicted octanol–water partition coefficient (Wildman–Crippen LogP) is 5.16. The number of nitrogens with zero attached hydrogens (tertiary/aromatic N) is 3. The SMILES string of the molecule is [C-]#[N+]c1cc(NC(=O)c2c(C)c(C(=O)C(=O)CC(C)(C)c3nccs3)c(C)n2C)ccc1F. The Hall–Kier alpha value is -3.64. The molecule has 0 aliphatic carbocycles. The van der Waals surface area contributed by atoms with E-state index in [2.05, 4.69) is 15.1 Å². The standard InChI is InChI=1S/C24H23FN4O3S/c1-13-19(21(31)18(30)12-24(3,4)23-27-9-10-33-23)14(2)29(6)20(13)22(32)28-15-7-8-16(25)17(11-15)26-5/h7-11H,12H2,1-4,6H3,(H,28,32). The van der Waals surface area contributed by atoms with E-state index in [0.29, 0.717) is 11.3 Å². The average molecular weight is 467 g/mol. The van der Waals surface area contributed by atoms with Crippen LogP contribution in [-0.4, -0.2) is 27.0 Å². The van der Waals surface area contributed by atoms with Gasteiger partial charge in [-0.15, -0.1) is 11.3 Å². The molecule has 3 aromatic rings. The number of Topliss-reactive ketones (excluding diaryl/α,β-unsaturated/α-hetero) is 2. The van der Waals surface area contributed by atoms with Gasteiger partial charge in [-0.05, 0) is 37.6 Å². The van der Waals surface area contributed by atoms with E-state index in [-0.39, 0.29) is 29.1 Å². The van der Waals surface area contributed by atoms with Crippen molar-refractivity contribution in [3.8, 4) is 0 Å². The van der Waals surface area contributed by atoms with Crippen molar-refractivity contribution in [1.82, 2.24) is 9.55 Å². The number of aromatic nitrogens is 2. The zero-order valence-electron chi connectivity index (χ0n) is 18.9. The van der Waals surface area contributed by atoms with Crippen LogP contribution in [0.1, 0.15) is 57.4 Å². The van der Waals surface area contributed by atoms with E-state index in [1.807, 2.05) is 19.2 Å². The van der Waals surface area contributed by atoms with E-state index in [4.69, 9.17) is 6.57 Å². The van der Waals surface area contributed by atoms with Crippen molar-refractivity contribution in [3.63, 3.8) is 0 Å². The number of carbonyl (C=O) groups excluding carboxylic acids is 3. The smallest absolute Gasteiger partial charge is 0.272 e. The third-order valence-corrected chi connectivity index (χ3v) is 6.70. The Morgan fingerprint density at radius 1 is 1.27 bits per heavy atom. The normalized spacial score (nSPS) is 11.2. The molecule has 3 rings (SSSR count). The first-order valence-corrected chi connectivity index (χ1v) is 11.0. The molecule has 0 unspecified atom stereocenters. The zero-order chi connectivity index (χ0) is 24.5. The fourth-order valence-corrected chi connectivity index (χ4v) is 4.52. The highest BCUT2D eigenvalue weighted by Gasteiger charge is 2.33. The van der Waals surface area contributed by atoms with Crippen LogP contribution < -0.4 is 5.32 Å². The van der Waals surface area contributed by atoms with E-state index < -0.39 is 28.7 Å². The number of nitrogens with one attached hydrogen (secondary N) is 1. The number of carbonyl (C=O) groups is 3. The minimum atomic E-state index is -0.680. The molecule has 0 radical (unpaired) electrons. The fourth-order valence-electron chi connectivity index (χ4n) is 3.75. The summed E-state index contributed by atoms with van der Waals surface area (Å²) < 4.78 is 15.1. The molecule has 1 N–H and O–H groups in total. The van der Waals surface area contributed by atoms with Crippen molar-refractivity contribution in [1.29, 1.82) is 0 Å². The molecule has 0 spiro atoms. The maximum atomic E-state index is 13.6. The zero-order valence-corrected chi connectivity index (χ0v) is 19.8. The Bertz CT molecular complexity index is 1300. The molecule has 2 heterocycles. The number of anilines is 1.